The minimum absolute atomic E-state index is 0.314. The third-order valence-electron chi connectivity index (χ3n) is 3.40. The topological polar surface area (TPSA) is 55.8 Å². The molecule has 0 N–H and O–H groups in total. The molecule has 0 bridgehead atoms. The van der Waals surface area contributed by atoms with Gasteiger partial charge in [0.25, 0.3) is 0 Å². The summed E-state index contributed by atoms with van der Waals surface area (Å²) in [6.07, 6.45) is 1.59. The van der Waals surface area contributed by atoms with E-state index in [1.165, 1.54) is 0 Å². The molecule has 0 saturated carbocycles. The standard InChI is InChI=1S/C15H23NO4S/c1-4-6-16(7-5-2)21(17,18)15-11-14-13(10-12(15)3)19-8-9-20-14/h10-11H,4-9H2,1-3H3. The van der Waals surface area contributed by atoms with Gasteiger partial charge in [0.2, 0.25) is 10.0 Å². The zero-order chi connectivity index (χ0) is 15.5. The van der Waals surface area contributed by atoms with Gasteiger partial charge in [-0.05, 0) is 31.4 Å². The van der Waals surface area contributed by atoms with Crippen molar-refractivity contribution in [3.05, 3.63) is 17.7 Å². The Labute approximate surface area is 126 Å². The fourth-order valence-corrected chi connectivity index (χ4v) is 4.29. The molecule has 6 heteroatoms. The summed E-state index contributed by atoms with van der Waals surface area (Å²) in [7, 11) is -3.49. The first-order valence-corrected chi connectivity index (χ1v) is 8.85. The second-order valence-electron chi connectivity index (χ2n) is 5.17. The number of hydrogen-bond acceptors (Lipinski definition) is 4. The van der Waals surface area contributed by atoms with Gasteiger partial charge in [0.15, 0.2) is 11.5 Å². The van der Waals surface area contributed by atoms with Gasteiger partial charge in [0, 0.05) is 19.2 Å². The average Bonchev–Trinajstić information content (AvgIpc) is 2.46. The van der Waals surface area contributed by atoms with E-state index in [2.05, 4.69) is 0 Å². The zero-order valence-electron chi connectivity index (χ0n) is 12.9. The molecule has 5 nitrogen and oxygen atoms in total. The zero-order valence-corrected chi connectivity index (χ0v) is 13.7. The highest BCUT2D eigenvalue weighted by molar-refractivity contribution is 7.89. The van der Waals surface area contributed by atoms with E-state index in [9.17, 15) is 8.42 Å². The van der Waals surface area contributed by atoms with Crippen LogP contribution in [0.2, 0.25) is 0 Å². The second-order valence-corrected chi connectivity index (χ2v) is 7.07. The molecule has 118 valence electrons. The Morgan fingerprint density at radius 1 is 1.05 bits per heavy atom. The van der Waals surface area contributed by atoms with Gasteiger partial charge >= 0.3 is 0 Å². The van der Waals surface area contributed by atoms with Crippen molar-refractivity contribution in [2.24, 2.45) is 0 Å². The predicted molar refractivity (Wildman–Crippen MR) is 81.5 cm³/mol. The van der Waals surface area contributed by atoms with Crippen LogP contribution < -0.4 is 9.47 Å². The molecular weight excluding hydrogens is 290 g/mol. The summed E-state index contributed by atoms with van der Waals surface area (Å²) >= 11 is 0. The molecule has 0 radical (unpaired) electrons. The Morgan fingerprint density at radius 3 is 2.10 bits per heavy atom. The predicted octanol–water partition coefficient (Wildman–Crippen LogP) is 2.58. The highest BCUT2D eigenvalue weighted by Gasteiger charge is 2.27. The highest BCUT2D eigenvalue weighted by atomic mass is 32.2. The van der Waals surface area contributed by atoms with Crippen molar-refractivity contribution in [2.45, 2.75) is 38.5 Å². The van der Waals surface area contributed by atoms with Crippen LogP contribution in [0.4, 0.5) is 0 Å². The third-order valence-corrected chi connectivity index (χ3v) is 5.44. The smallest absolute Gasteiger partial charge is 0.243 e. The van der Waals surface area contributed by atoms with Gasteiger partial charge in [-0.2, -0.15) is 4.31 Å². The van der Waals surface area contributed by atoms with Crippen molar-refractivity contribution >= 4 is 10.0 Å². The number of ether oxygens (including phenoxy) is 2. The van der Waals surface area contributed by atoms with E-state index < -0.39 is 10.0 Å². The van der Waals surface area contributed by atoms with Crippen molar-refractivity contribution in [2.75, 3.05) is 26.3 Å². The molecule has 0 amide bonds. The molecular formula is C15H23NO4S. The number of aryl methyl sites for hydroxylation is 1. The Bertz CT molecular complexity index is 592. The van der Waals surface area contributed by atoms with Crippen molar-refractivity contribution < 1.29 is 17.9 Å². The number of sulfonamides is 1. The third kappa shape index (κ3) is 3.32. The minimum atomic E-state index is -3.49. The quantitative estimate of drug-likeness (QED) is 0.810. The molecule has 1 aromatic rings. The number of hydrogen-bond donors (Lipinski definition) is 0. The van der Waals surface area contributed by atoms with Crippen molar-refractivity contribution in [3.8, 4) is 11.5 Å². The first-order chi connectivity index (χ1) is 10.0. The van der Waals surface area contributed by atoms with Crippen molar-refractivity contribution in [3.63, 3.8) is 0 Å². The van der Waals surface area contributed by atoms with Gasteiger partial charge in [-0.25, -0.2) is 8.42 Å². The molecule has 0 saturated heterocycles. The first-order valence-electron chi connectivity index (χ1n) is 7.41. The summed E-state index contributed by atoms with van der Waals surface area (Å²) in [5.74, 6) is 1.13. The molecule has 0 spiro atoms. The number of fused-ring (bicyclic) bond motifs is 1. The Kier molecular flexibility index (Phi) is 5.11. The summed E-state index contributed by atoms with van der Waals surface area (Å²) in [5.41, 5.74) is 0.691. The van der Waals surface area contributed by atoms with Crippen molar-refractivity contribution in [1.82, 2.24) is 4.31 Å². The van der Waals surface area contributed by atoms with Crippen LogP contribution in [0.25, 0.3) is 0 Å². The Hall–Kier alpha value is -1.27. The Balaban J connectivity index is 2.43. The molecule has 0 atom stereocenters. The van der Waals surface area contributed by atoms with Crippen LogP contribution in [0.15, 0.2) is 17.0 Å². The first kappa shape index (κ1) is 16.1. The van der Waals surface area contributed by atoms with Crippen LogP contribution in [-0.4, -0.2) is 39.0 Å². The van der Waals surface area contributed by atoms with Crippen LogP contribution in [-0.2, 0) is 10.0 Å². The molecule has 0 fully saturated rings. The fourth-order valence-electron chi connectivity index (χ4n) is 2.44. The van der Waals surface area contributed by atoms with Crippen molar-refractivity contribution in [1.29, 1.82) is 0 Å². The summed E-state index contributed by atoms with van der Waals surface area (Å²) < 4.78 is 38.2. The molecule has 1 aliphatic heterocycles. The van der Waals surface area contributed by atoms with Gasteiger partial charge in [-0.3, -0.25) is 0 Å². The van der Waals surface area contributed by atoms with E-state index in [4.69, 9.17) is 9.47 Å². The van der Waals surface area contributed by atoms with Crippen LogP contribution >= 0.6 is 0 Å². The van der Waals surface area contributed by atoms with Gasteiger partial charge < -0.3 is 9.47 Å². The number of rotatable bonds is 6. The average molecular weight is 313 g/mol. The molecule has 21 heavy (non-hydrogen) atoms. The maximum absolute atomic E-state index is 12.8. The SMILES string of the molecule is CCCN(CCC)S(=O)(=O)c1cc2c(cc1C)OCCO2. The highest BCUT2D eigenvalue weighted by Crippen LogP contribution is 2.35. The Morgan fingerprint density at radius 2 is 1.57 bits per heavy atom. The van der Waals surface area contributed by atoms with E-state index >= 15 is 0 Å². The van der Waals surface area contributed by atoms with E-state index in [-0.39, 0.29) is 0 Å². The molecule has 1 aromatic carbocycles. The minimum Gasteiger partial charge on any atom is -0.486 e. The molecule has 1 heterocycles. The number of nitrogens with zero attached hydrogens (tertiary/aromatic N) is 1. The van der Waals surface area contributed by atoms with Crippen LogP contribution in [0.1, 0.15) is 32.3 Å². The second kappa shape index (κ2) is 6.66. The van der Waals surface area contributed by atoms with Crippen LogP contribution in [0, 0.1) is 6.92 Å². The normalized spacial score (nSPS) is 14.5. The molecule has 0 aromatic heterocycles. The van der Waals surface area contributed by atoms with Gasteiger partial charge in [0.1, 0.15) is 13.2 Å². The van der Waals surface area contributed by atoms with Crippen LogP contribution in [0.5, 0.6) is 11.5 Å². The maximum Gasteiger partial charge on any atom is 0.243 e. The van der Waals surface area contributed by atoms with Gasteiger partial charge in [-0.1, -0.05) is 13.8 Å². The molecule has 2 rings (SSSR count). The largest absolute Gasteiger partial charge is 0.486 e. The lowest BCUT2D eigenvalue weighted by molar-refractivity contribution is 0.171. The summed E-state index contributed by atoms with van der Waals surface area (Å²) in [6.45, 7) is 7.76. The monoisotopic (exact) mass is 313 g/mol. The lowest BCUT2D eigenvalue weighted by Gasteiger charge is -2.24. The summed E-state index contributed by atoms with van der Waals surface area (Å²) in [4.78, 5) is 0.314. The van der Waals surface area contributed by atoms with Crippen LogP contribution in [0.3, 0.4) is 0 Å². The lowest BCUT2D eigenvalue weighted by atomic mass is 10.2. The van der Waals surface area contributed by atoms with E-state index in [0.717, 1.165) is 12.8 Å². The van der Waals surface area contributed by atoms with E-state index in [1.54, 1.807) is 23.4 Å². The maximum atomic E-state index is 12.8. The van der Waals surface area contributed by atoms with E-state index in [1.807, 2.05) is 13.8 Å². The lowest BCUT2D eigenvalue weighted by Crippen LogP contribution is -2.33. The summed E-state index contributed by atoms with van der Waals surface area (Å²) in [6, 6.07) is 3.34. The van der Waals surface area contributed by atoms with Gasteiger partial charge in [0.05, 0.1) is 4.90 Å². The fraction of sp³-hybridized carbons (Fsp3) is 0.600. The molecule has 1 aliphatic rings. The number of benzene rings is 1. The molecule has 0 aliphatic carbocycles. The van der Waals surface area contributed by atoms with E-state index in [0.29, 0.717) is 48.3 Å². The summed E-state index contributed by atoms with van der Waals surface area (Å²) in [5, 5.41) is 0. The molecule has 0 unspecified atom stereocenters. The van der Waals surface area contributed by atoms with Gasteiger partial charge in [-0.15, -0.1) is 0 Å².